The average Bonchev–Trinajstić information content (AvgIpc) is 3.12. The van der Waals surface area contributed by atoms with Gasteiger partial charge in [0.25, 0.3) is 0 Å². The Morgan fingerprint density at radius 1 is 1.25 bits per heavy atom. The molecule has 24 heavy (non-hydrogen) atoms. The molecule has 0 bridgehead atoms. The van der Waals surface area contributed by atoms with Crippen LogP contribution in [0.3, 0.4) is 0 Å². The molecule has 3 aliphatic rings. The maximum Gasteiger partial charge on any atom is 0.228 e. The second-order valence-electron chi connectivity index (χ2n) is 7.32. The van der Waals surface area contributed by atoms with Crippen molar-refractivity contribution in [2.24, 2.45) is 11.8 Å². The smallest absolute Gasteiger partial charge is 0.228 e. The van der Waals surface area contributed by atoms with Crippen LogP contribution >= 0.6 is 0 Å². The average molecular weight is 330 g/mol. The van der Waals surface area contributed by atoms with Gasteiger partial charge in [-0.1, -0.05) is 0 Å². The Morgan fingerprint density at radius 3 is 2.79 bits per heavy atom. The van der Waals surface area contributed by atoms with Crippen LogP contribution in [0.1, 0.15) is 31.2 Å². The fourth-order valence-electron chi connectivity index (χ4n) is 3.80. The van der Waals surface area contributed by atoms with Gasteiger partial charge in [0.05, 0.1) is 24.7 Å². The van der Waals surface area contributed by atoms with Crippen LogP contribution in [0.15, 0.2) is 24.5 Å². The quantitative estimate of drug-likeness (QED) is 0.801. The number of nitrogens with zero attached hydrogens (tertiary/aromatic N) is 2. The monoisotopic (exact) mass is 330 g/mol. The molecule has 5 heteroatoms. The van der Waals surface area contributed by atoms with E-state index in [0.29, 0.717) is 13.2 Å². The van der Waals surface area contributed by atoms with Gasteiger partial charge < -0.3 is 14.4 Å². The zero-order valence-electron chi connectivity index (χ0n) is 14.1. The van der Waals surface area contributed by atoms with E-state index in [2.05, 4.69) is 9.88 Å². The molecule has 4 rings (SSSR count). The standard InChI is InChI=1S/C19H26N2O3/c22-19(16-6-10-23-13-16)21-9-5-18(24-12-15-1-2-15)17(21)11-14-3-7-20-8-4-14/h3-4,7-8,15-18H,1-2,5-6,9-13H2/t16?,17-,18+/m0/s1. The molecule has 0 radical (unpaired) electrons. The van der Waals surface area contributed by atoms with E-state index in [9.17, 15) is 4.79 Å². The molecule has 0 spiro atoms. The van der Waals surface area contributed by atoms with Crippen molar-refractivity contribution < 1.29 is 14.3 Å². The van der Waals surface area contributed by atoms with E-state index < -0.39 is 0 Å². The minimum Gasteiger partial charge on any atom is -0.381 e. The lowest BCUT2D eigenvalue weighted by molar-refractivity contribution is -0.137. The van der Waals surface area contributed by atoms with Crippen molar-refractivity contribution >= 4 is 5.91 Å². The highest BCUT2D eigenvalue weighted by Crippen LogP contribution is 2.32. The van der Waals surface area contributed by atoms with E-state index in [-0.39, 0.29) is 24.0 Å². The lowest BCUT2D eigenvalue weighted by Gasteiger charge is -2.30. The summed E-state index contributed by atoms with van der Waals surface area (Å²) in [6.07, 6.45) is 9.03. The molecule has 1 aliphatic carbocycles. The number of ether oxygens (including phenoxy) is 2. The molecule has 1 aromatic heterocycles. The molecule has 1 saturated carbocycles. The molecular formula is C19H26N2O3. The van der Waals surface area contributed by atoms with Crippen LogP contribution in [0, 0.1) is 11.8 Å². The van der Waals surface area contributed by atoms with E-state index in [0.717, 1.165) is 38.3 Å². The number of carbonyl (C=O) groups is 1. The summed E-state index contributed by atoms with van der Waals surface area (Å²) >= 11 is 0. The van der Waals surface area contributed by atoms with E-state index in [1.807, 2.05) is 24.5 Å². The summed E-state index contributed by atoms with van der Waals surface area (Å²) in [4.78, 5) is 19.1. The van der Waals surface area contributed by atoms with Gasteiger partial charge >= 0.3 is 0 Å². The highest BCUT2D eigenvalue weighted by molar-refractivity contribution is 5.80. The molecule has 1 unspecified atom stereocenters. The number of hydrogen-bond donors (Lipinski definition) is 0. The molecule has 2 saturated heterocycles. The van der Waals surface area contributed by atoms with E-state index >= 15 is 0 Å². The maximum absolute atomic E-state index is 12.9. The van der Waals surface area contributed by atoms with Gasteiger partial charge in [-0.15, -0.1) is 0 Å². The van der Waals surface area contributed by atoms with Gasteiger partial charge in [0.15, 0.2) is 0 Å². The first kappa shape index (κ1) is 16.0. The number of likely N-dealkylation sites (tertiary alicyclic amines) is 1. The number of carbonyl (C=O) groups excluding carboxylic acids is 1. The van der Waals surface area contributed by atoms with Gasteiger partial charge in [0.2, 0.25) is 5.91 Å². The predicted octanol–water partition coefficient (Wildman–Crippen LogP) is 2.06. The van der Waals surface area contributed by atoms with Crippen LogP contribution in [0.25, 0.3) is 0 Å². The Labute approximate surface area is 143 Å². The topological polar surface area (TPSA) is 51.7 Å². The van der Waals surface area contributed by atoms with E-state index in [4.69, 9.17) is 9.47 Å². The van der Waals surface area contributed by atoms with Crippen molar-refractivity contribution in [3.8, 4) is 0 Å². The maximum atomic E-state index is 12.9. The number of amides is 1. The summed E-state index contributed by atoms with van der Waals surface area (Å²) in [5.41, 5.74) is 1.22. The van der Waals surface area contributed by atoms with Crippen LogP contribution in [-0.4, -0.2) is 54.3 Å². The first-order chi connectivity index (χ1) is 11.8. The molecule has 130 valence electrons. The highest BCUT2D eigenvalue weighted by Gasteiger charge is 2.41. The van der Waals surface area contributed by atoms with Crippen molar-refractivity contribution in [1.82, 2.24) is 9.88 Å². The van der Waals surface area contributed by atoms with Crippen LogP contribution < -0.4 is 0 Å². The molecule has 1 aromatic rings. The van der Waals surface area contributed by atoms with Crippen molar-refractivity contribution in [3.63, 3.8) is 0 Å². The summed E-state index contributed by atoms with van der Waals surface area (Å²) in [5.74, 6) is 1.04. The number of hydrogen-bond acceptors (Lipinski definition) is 4. The number of rotatable bonds is 6. The zero-order chi connectivity index (χ0) is 16.4. The summed E-state index contributed by atoms with van der Waals surface area (Å²) in [5, 5.41) is 0. The third-order valence-corrected chi connectivity index (χ3v) is 5.48. The second-order valence-corrected chi connectivity index (χ2v) is 7.32. The van der Waals surface area contributed by atoms with Crippen molar-refractivity contribution in [2.45, 2.75) is 44.2 Å². The van der Waals surface area contributed by atoms with Gasteiger partial charge in [-0.3, -0.25) is 9.78 Å². The first-order valence-corrected chi connectivity index (χ1v) is 9.20. The van der Waals surface area contributed by atoms with Crippen LogP contribution in [0.2, 0.25) is 0 Å². The largest absolute Gasteiger partial charge is 0.381 e. The number of aromatic nitrogens is 1. The van der Waals surface area contributed by atoms with Gasteiger partial charge in [-0.05, 0) is 55.7 Å². The third-order valence-electron chi connectivity index (χ3n) is 5.48. The van der Waals surface area contributed by atoms with Gasteiger partial charge in [0, 0.05) is 32.2 Å². The second kappa shape index (κ2) is 7.19. The van der Waals surface area contributed by atoms with E-state index in [1.54, 1.807) is 0 Å². The van der Waals surface area contributed by atoms with E-state index in [1.165, 1.54) is 18.4 Å². The Bertz CT molecular complexity index is 555. The highest BCUT2D eigenvalue weighted by atomic mass is 16.5. The number of pyridine rings is 1. The Kier molecular flexibility index (Phi) is 4.81. The van der Waals surface area contributed by atoms with Gasteiger partial charge in [-0.2, -0.15) is 0 Å². The summed E-state index contributed by atoms with van der Waals surface area (Å²) in [7, 11) is 0. The Balaban J connectivity index is 1.47. The molecule has 0 aromatic carbocycles. The van der Waals surface area contributed by atoms with Crippen molar-refractivity contribution in [1.29, 1.82) is 0 Å². The summed E-state index contributed by atoms with van der Waals surface area (Å²) in [6.45, 7) is 2.94. The fourth-order valence-corrected chi connectivity index (χ4v) is 3.80. The predicted molar refractivity (Wildman–Crippen MR) is 89.4 cm³/mol. The summed E-state index contributed by atoms with van der Waals surface area (Å²) in [6, 6.07) is 4.22. The SMILES string of the molecule is O=C(C1CCOC1)N1CC[C@@H](OCC2CC2)[C@@H]1Cc1ccncc1. The fraction of sp³-hybridized carbons (Fsp3) is 0.684. The molecule has 3 atom stereocenters. The van der Waals surface area contributed by atoms with Crippen LogP contribution in [0.4, 0.5) is 0 Å². The molecule has 1 amide bonds. The Morgan fingerprint density at radius 2 is 2.08 bits per heavy atom. The van der Waals surface area contributed by atoms with Crippen LogP contribution in [0.5, 0.6) is 0 Å². The van der Waals surface area contributed by atoms with Gasteiger partial charge in [-0.25, -0.2) is 0 Å². The minimum absolute atomic E-state index is 0.0344. The molecule has 2 aliphatic heterocycles. The third kappa shape index (κ3) is 3.62. The normalized spacial score (nSPS) is 30.0. The van der Waals surface area contributed by atoms with Crippen molar-refractivity contribution in [2.75, 3.05) is 26.4 Å². The molecule has 3 fully saturated rings. The lowest BCUT2D eigenvalue weighted by Crippen LogP contribution is -2.44. The van der Waals surface area contributed by atoms with Crippen molar-refractivity contribution in [3.05, 3.63) is 30.1 Å². The zero-order valence-corrected chi connectivity index (χ0v) is 14.1. The summed E-state index contributed by atoms with van der Waals surface area (Å²) < 4.78 is 11.6. The minimum atomic E-state index is 0.0344. The Hall–Kier alpha value is -1.46. The first-order valence-electron chi connectivity index (χ1n) is 9.20. The van der Waals surface area contributed by atoms with Gasteiger partial charge in [0.1, 0.15) is 0 Å². The molecule has 3 heterocycles. The molecular weight excluding hydrogens is 304 g/mol. The van der Waals surface area contributed by atoms with Crippen LogP contribution in [-0.2, 0) is 20.7 Å². The molecule has 5 nitrogen and oxygen atoms in total. The molecule has 0 N–H and O–H groups in total. The lowest BCUT2D eigenvalue weighted by atomic mass is 10.0.